The van der Waals surface area contributed by atoms with Gasteiger partial charge in [0.25, 0.3) is 0 Å². The summed E-state index contributed by atoms with van der Waals surface area (Å²) in [5.74, 6) is 0. The van der Waals surface area contributed by atoms with E-state index in [0.29, 0.717) is 0 Å². The van der Waals surface area contributed by atoms with Crippen LogP contribution in [0.25, 0.3) is 0 Å². The van der Waals surface area contributed by atoms with Crippen molar-refractivity contribution in [1.29, 1.82) is 0 Å². The van der Waals surface area contributed by atoms with Gasteiger partial charge >= 0.3 is 21.2 Å². The van der Waals surface area contributed by atoms with Gasteiger partial charge in [-0.25, -0.2) is 0 Å². The van der Waals surface area contributed by atoms with Gasteiger partial charge in [0.2, 0.25) is 0 Å². The molecule has 0 spiro atoms. The normalized spacial score (nSPS) is 10.6. The fourth-order valence-electron chi connectivity index (χ4n) is 1.91. The topological polar surface area (TPSA) is 0 Å². The minimum Gasteiger partial charge on any atom is -0.0518 e. The third-order valence-electron chi connectivity index (χ3n) is 2.59. The molecule has 2 aromatic rings. The van der Waals surface area contributed by atoms with E-state index in [2.05, 4.69) is 73.1 Å². The Morgan fingerprint density at radius 3 is 1.94 bits per heavy atom. The second kappa shape index (κ2) is 5.53. The van der Waals surface area contributed by atoms with E-state index in [1.54, 1.807) is 3.57 Å². The molecule has 0 amide bonds. The molecule has 2 aromatic carbocycles. The average molecular weight is 402 g/mol. The standard InChI is InChI=1S/C15H15BrI/c1-10-8-11(2)15(12(3)9-10)17-14-6-4-13(16)5-7-14/h4-9H,1-3H3/q+1. The van der Waals surface area contributed by atoms with Gasteiger partial charge in [-0.2, -0.15) is 0 Å². The van der Waals surface area contributed by atoms with E-state index in [-0.39, 0.29) is 21.2 Å². The second-order valence-corrected chi connectivity index (χ2v) is 8.02. The number of benzene rings is 2. The molecular weight excluding hydrogens is 387 g/mol. The van der Waals surface area contributed by atoms with Crippen LogP contribution in [0.1, 0.15) is 16.7 Å². The smallest absolute Gasteiger partial charge is 0.0518 e. The number of rotatable bonds is 2. The maximum Gasteiger partial charge on any atom is 0.358 e. The summed E-state index contributed by atoms with van der Waals surface area (Å²) in [6.07, 6.45) is 0. The molecule has 0 saturated heterocycles. The van der Waals surface area contributed by atoms with E-state index in [4.69, 9.17) is 0 Å². The zero-order valence-corrected chi connectivity index (χ0v) is 14.0. The van der Waals surface area contributed by atoms with Gasteiger partial charge < -0.3 is 0 Å². The predicted molar refractivity (Wildman–Crippen MR) is 72.2 cm³/mol. The van der Waals surface area contributed by atoms with Gasteiger partial charge in [-0.3, -0.25) is 0 Å². The lowest BCUT2D eigenvalue weighted by molar-refractivity contribution is -0.598. The summed E-state index contributed by atoms with van der Waals surface area (Å²) >= 11 is 3.42. The molecular formula is C15H15BrI+. The minimum atomic E-state index is -0.0611. The fourth-order valence-corrected chi connectivity index (χ4v) is 4.68. The molecule has 0 bridgehead atoms. The van der Waals surface area contributed by atoms with Gasteiger partial charge in [0.05, 0.1) is 0 Å². The summed E-state index contributed by atoms with van der Waals surface area (Å²) < 4.78 is 4.20. The van der Waals surface area contributed by atoms with E-state index in [9.17, 15) is 0 Å². The van der Waals surface area contributed by atoms with Gasteiger partial charge in [-0.1, -0.05) is 33.6 Å². The molecule has 0 atom stereocenters. The summed E-state index contributed by atoms with van der Waals surface area (Å²) in [6.45, 7) is 6.63. The third kappa shape index (κ3) is 3.32. The number of hydrogen-bond donors (Lipinski definition) is 0. The maximum absolute atomic E-state index is 3.48. The Balaban J connectivity index is 2.33. The Bertz CT molecular complexity index is 506. The van der Waals surface area contributed by atoms with Crippen LogP contribution in [0, 0.1) is 27.9 Å². The van der Waals surface area contributed by atoms with E-state index < -0.39 is 0 Å². The molecule has 0 fully saturated rings. The highest BCUT2D eigenvalue weighted by molar-refractivity contribution is 9.10. The fraction of sp³-hybridized carbons (Fsp3) is 0.200. The zero-order valence-electron chi connectivity index (χ0n) is 10.2. The van der Waals surface area contributed by atoms with Gasteiger partial charge in [0.1, 0.15) is 0 Å². The van der Waals surface area contributed by atoms with Crippen molar-refractivity contribution in [2.24, 2.45) is 0 Å². The molecule has 0 aromatic heterocycles. The molecule has 17 heavy (non-hydrogen) atoms. The van der Waals surface area contributed by atoms with Crippen molar-refractivity contribution in [2.45, 2.75) is 20.8 Å². The SMILES string of the molecule is Cc1cc(C)c([I+]c2ccc(Br)cc2)c(C)c1. The highest BCUT2D eigenvalue weighted by atomic mass is 127. The molecule has 0 saturated carbocycles. The highest BCUT2D eigenvalue weighted by Gasteiger charge is 2.20. The summed E-state index contributed by atoms with van der Waals surface area (Å²) in [6, 6.07) is 13.3. The van der Waals surface area contributed by atoms with Crippen LogP contribution in [0.4, 0.5) is 0 Å². The first-order valence-corrected chi connectivity index (χ1v) is 8.49. The van der Waals surface area contributed by atoms with Crippen molar-refractivity contribution in [3.63, 3.8) is 0 Å². The van der Waals surface area contributed by atoms with Crippen molar-refractivity contribution >= 4 is 15.9 Å². The van der Waals surface area contributed by atoms with Crippen LogP contribution in [-0.4, -0.2) is 0 Å². The molecule has 0 heterocycles. The quantitative estimate of drug-likeness (QED) is 0.669. The lowest BCUT2D eigenvalue weighted by Crippen LogP contribution is -3.62. The van der Waals surface area contributed by atoms with Gasteiger partial charge in [-0.15, -0.1) is 0 Å². The lowest BCUT2D eigenvalue weighted by atomic mass is 10.1. The van der Waals surface area contributed by atoms with Crippen LogP contribution in [-0.2, 0) is 0 Å². The Labute approximate surface area is 122 Å². The molecule has 0 aliphatic heterocycles. The number of hydrogen-bond acceptors (Lipinski definition) is 0. The second-order valence-electron chi connectivity index (χ2n) is 4.24. The monoisotopic (exact) mass is 401 g/mol. The zero-order chi connectivity index (χ0) is 12.4. The van der Waals surface area contributed by atoms with E-state index in [1.807, 2.05) is 0 Å². The van der Waals surface area contributed by atoms with E-state index in [1.165, 1.54) is 20.3 Å². The largest absolute Gasteiger partial charge is 0.358 e. The first-order valence-electron chi connectivity index (χ1n) is 5.54. The average Bonchev–Trinajstić information content (AvgIpc) is 2.26. The molecule has 2 heteroatoms. The third-order valence-corrected chi connectivity index (χ3v) is 6.70. The Morgan fingerprint density at radius 2 is 1.41 bits per heavy atom. The van der Waals surface area contributed by atoms with Crippen LogP contribution in [0.5, 0.6) is 0 Å². The van der Waals surface area contributed by atoms with Crippen LogP contribution >= 0.6 is 15.9 Å². The van der Waals surface area contributed by atoms with Gasteiger partial charge in [0, 0.05) is 15.6 Å². The molecule has 0 N–H and O–H groups in total. The summed E-state index contributed by atoms with van der Waals surface area (Å²) in [5, 5.41) is 0. The summed E-state index contributed by atoms with van der Waals surface area (Å²) in [7, 11) is 0. The lowest BCUT2D eigenvalue weighted by Gasteiger charge is -2.00. The molecule has 0 radical (unpaired) electrons. The predicted octanol–water partition coefficient (Wildman–Crippen LogP) is 1.50. The van der Waals surface area contributed by atoms with Crippen molar-refractivity contribution in [3.8, 4) is 0 Å². The van der Waals surface area contributed by atoms with E-state index >= 15 is 0 Å². The summed E-state index contributed by atoms with van der Waals surface area (Å²) in [5.41, 5.74) is 4.25. The first kappa shape index (κ1) is 13.1. The highest BCUT2D eigenvalue weighted by Crippen LogP contribution is 2.08. The van der Waals surface area contributed by atoms with Crippen LogP contribution < -0.4 is 21.2 Å². The molecule has 2 rings (SSSR count). The van der Waals surface area contributed by atoms with Crippen molar-refractivity contribution < 1.29 is 21.2 Å². The minimum absolute atomic E-state index is 0.0611. The molecule has 0 aliphatic rings. The van der Waals surface area contributed by atoms with Crippen LogP contribution in [0.15, 0.2) is 40.9 Å². The number of halogens is 2. The first-order chi connectivity index (χ1) is 8.06. The Hall–Kier alpha value is -0.350. The van der Waals surface area contributed by atoms with Crippen molar-refractivity contribution in [1.82, 2.24) is 0 Å². The van der Waals surface area contributed by atoms with Crippen molar-refractivity contribution in [3.05, 3.63) is 64.7 Å². The molecule has 0 nitrogen and oxygen atoms in total. The maximum atomic E-state index is 3.48. The van der Waals surface area contributed by atoms with Crippen molar-refractivity contribution in [2.75, 3.05) is 0 Å². The number of aryl methyl sites for hydroxylation is 3. The Morgan fingerprint density at radius 1 is 0.882 bits per heavy atom. The molecule has 0 aliphatic carbocycles. The Kier molecular flexibility index (Phi) is 4.26. The van der Waals surface area contributed by atoms with E-state index in [0.717, 1.165) is 4.47 Å². The molecule has 88 valence electrons. The van der Waals surface area contributed by atoms with Crippen LogP contribution in [0.2, 0.25) is 0 Å². The van der Waals surface area contributed by atoms with Crippen LogP contribution in [0.3, 0.4) is 0 Å². The molecule has 0 unspecified atom stereocenters. The van der Waals surface area contributed by atoms with Gasteiger partial charge in [0.15, 0.2) is 7.14 Å². The summed E-state index contributed by atoms with van der Waals surface area (Å²) in [4.78, 5) is 0. The van der Waals surface area contributed by atoms with Gasteiger partial charge in [-0.05, 0) is 45.0 Å².